The Morgan fingerprint density at radius 2 is 1.21 bits per heavy atom. The summed E-state index contributed by atoms with van der Waals surface area (Å²) in [5.41, 5.74) is 4.05. The molecule has 0 saturated heterocycles. The van der Waals surface area contributed by atoms with Crippen molar-refractivity contribution >= 4 is 50.5 Å². The van der Waals surface area contributed by atoms with Crippen LogP contribution in [0.25, 0.3) is 21.8 Å². The lowest BCUT2D eigenvalue weighted by Crippen LogP contribution is -2.06. The molecule has 0 spiro atoms. The van der Waals surface area contributed by atoms with E-state index >= 15 is 0 Å². The molecule has 3 aromatic heterocycles. The highest BCUT2D eigenvalue weighted by atomic mass is 16.6. The van der Waals surface area contributed by atoms with Gasteiger partial charge in [-0.25, -0.2) is 9.97 Å². The average Bonchev–Trinajstić information content (AvgIpc) is 2.80. The van der Waals surface area contributed by atoms with Crippen LogP contribution in [0.4, 0.5) is 28.7 Å². The van der Waals surface area contributed by atoms with Crippen molar-refractivity contribution in [2.45, 2.75) is 13.8 Å². The lowest BCUT2D eigenvalue weighted by Gasteiger charge is -2.12. The Kier molecular flexibility index (Phi) is 4.98. The van der Waals surface area contributed by atoms with Crippen LogP contribution in [0.3, 0.4) is 0 Å². The number of rotatable bonds is 5. The molecule has 0 radical (unpaired) electrons. The number of fused-ring (bicyclic) bond motifs is 2. The van der Waals surface area contributed by atoms with Gasteiger partial charge in [0, 0.05) is 22.2 Å². The minimum Gasteiger partial charge on any atom is -0.332 e. The van der Waals surface area contributed by atoms with Crippen LogP contribution in [0, 0.1) is 24.0 Å². The first-order chi connectivity index (χ1) is 16.0. The highest BCUT2D eigenvalue weighted by molar-refractivity contribution is 5.95. The van der Waals surface area contributed by atoms with Gasteiger partial charge >= 0.3 is 5.69 Å². The number of anilines is 4. The van der Waals surface area contributed by atoms with E-state index < -0.39 is 4.92 Å². The number of nitrogens with zero attached hydrogens (tertiary/aromatic N) is 5. The Balaban J connectivity index is 1.59. The van der Waals surface area contributed by atoms with Gasteiger partial charge in [0.25, 0.3) is 0 Å². The first kappa shape index (κ1) is 20.3. The molecule has 0 fully saturated rings. The summed E-state index contributed by atoms with van der Waals surface area (Å²) in [6, 6.07) is 19.0. The summed E-state index contributed by atoms with van der Waals surface area (Å²) in [6.07, 6.45) is 1.28. The molecule has 5 aromatic rings. The normalized spacial score (nSPS) is 11.0. The molecule has 2 N–H and O–H groups in total. The van der Waals surface area contributed by atoms with Gasteiger partial charge < -0.3 is 10.6 Å². The molecule has 9 nitrogen and oxygen atoms in total. The third-order valence-corrected chi connectivity index (χ3v) is 5.23. The summed E-state index contributed by atoms with van der Waals surface area (Å²) < 4.78 is 0. The molecular weight excluding hydrogens is 418 g/mol. The van der Waals surface area contributed by atoms with E-state index in [1.165, 1.54) is 6.33 Å². The summed E-state index contributed by atoms with van der Waals surface area (Å²) in [5, 5.41) is 20.1. The van der Waals surface area contributed by atoms with Crippen LogP contribution >= 0.6 is 0 Å². The summed E-state index contributed by atoms with van der Waals surface area (Å²) in [7, 11) is 0. The molecular formula is C24H19N7O2. The molecule has 0 aliphatic carbocycles. The van der Waals surface area contributed by atoms with E-state index in [0.29, 0.717) is 22.4 Å². The standard InChI is InChI=1S/C24H19N7O2/c1-14-9-11-16-5-3-7-18(20(16)27-14)29-23-22(31(32)33)24(26-13-25-23)30-19-8-4-6-17-12-10-15(2)28-21(17)19/h3-13H,1-2H3,(H2,25,26,29,30). The van der Waals surface area contributed by atoms with E-state index in [1.807, 2.05) is 74.5 Å². The Labute approximate surface area is 188 Å². The Hall–Kier alpha value is -4.66. The number of nitro groups is 1. The second-order valence-electron chi connectivity index (χ2n) is 7.59. The van der Waals surface area contributed by atoms with Gasteiger partial charge in [-0.1, -0.05) is 36.4 Å². The van der Waals surface area contributed by atoms with E-state index in [9.17, 15) is 10.1 Å². The van der Waals surface area contributed by atoms with Gasteiger partial charge in [0.2, 0.25) is 11.6 Å². The maximum absolute atomic E-state index is 12.1. The SMILES string of the molecule is Cc1ccc2cccc(Nc3ncnc(Nc4cccc5ccc(C)nc45)c3[N+](=O)[O-])c2n1. The number of para-hydroxylation sites is 2. The minimum absolute atomic E-state index is 0.0673. The van der Waals surface area contributed by atoms with Gasteiger partial charge in [-0.2, -0.15) is 0 Å². The lowest BCUT2D eigenvalue weighted by molar-refractivity contribution is -0.383. The van der Waals surface area contributed by atoms with Crippen molar-refractivity contribution < 1.29 is 4.92 Å². The van der Waals surface area contributed by atoms with Crippen LogP contribution in [-0.4, -0.2) is 24.9 Å². The van der Waals surface area contributed by atoms with Crippen LogP contribution in [0.1, 0.15) is 11.4 Å². The molecule has 5 rings (SSSR count). The molecule has 2 aromatic carbocycles. The van der Waals surface area contributed by atoms with Gasteiger partial charge in [-0.3, -0.25) is 20.1 Å². The summed E-state index contributed by atoms with van der Waals surface area (Å²) in [6.45, 7) is 3.79. The predicted molar refractivity (Wildman–Crippen MR) is 128 cm³/mol. The number of pyridine rings is 2. The highest BCUT2D eigenvalue weighted by Crippen LogP contribution is 2.35. The average molecular weight is 437 g/mol. The monoisotopic (exact) mass is 437 g/mol. The summed E-state index contributed by atoms with van der Waals surface area (Å²) in [5.74, 6) is 0.135. The summed E-state index contributed by atoms with van der Waals surface area (Å²) >= 11 is 0. The van der Waals surface area contributed by atoms with Crippen molar-refractivity contribution in [2.75, 3.05) is 10.6 Å². The Bertz CT molecular complexity index is 1430. The maximum atomic E-state index is 12.1. The Morgan fingerprint density at radius 3 is 1.67 bits per heavy atom. The maximum Gasteiger partial charge on any atom is 0.353 e. The molecule has 0 saturated carbocycles. The summed E-state index contributed by atoms with van der Waals surface area (Å²) in [4.78, 5) is 29.0. The molecule has 0 amide bonds. The number of aryl methyl sites for hydroxylation is 2. The van der Waals surface area contributed by atoms with Crippen LogP contribution in [0.15, 0.2) is 67.0 Å². The number of aromatic nitrogens is 4. The van der Waals surface area contributed by atoms with Crippen LogP contribution in [-0.2, 0) is 0 Å². The first-order valence-corrected chi connectivity index (χ1v) is 10.3. The molecule has 162 valence electrons. The quantitative estimate of drug-likeness (QED) is 0.270. The molecule has 0 bridgehead atoms. The molecule has 0 atom stereocenters. The van der Waals surface area contributed by atoms with E-state index in [0.717, 1.165) is 22.2 Å². The van der Waals surface area contributed by atoms with Crippen LogP contribution in [0.2, 0.25) is 0 Å². The number of nitrogens with one attached hydrogen (secondary N) is 2. The van der Waals surface area contributed by atoms with Crippen molar-refractivity contribution in [1.29, 1.82) is 0 Å². The molecule has 0 unspecified atom stereocenters. The van der Waals surface area contributed by atoms with E-state index in [4.69, 9.17) is 0 Å². The highest BCUT2D eigenvalue weighted by Gasteiger charge is 2.24. The smallest absolute Gasteiger partial charge is 0.332 e. The molecule has 3 heterocycles. The van der Waals surface area contributed by atoms with Gasteiger partial charge in [0.05, 0.1) is 27.3 Å². The largest absolute Gasteiger partial charge is 0.353 e. The minimum atomic E-state index is -0.502. The van der Waals surface area contributed by atoms with Crippen molar-refractivity contribution in [3.8, 4) is 0 Å². The first-order valence-electron chi connectivity index (χ1n) is 10.3. The molecule has 0 aliphatic heterocycles. The number of hydrogen-bond donors (Lipinski definition) is 2. The van der Waals surface area contributed by atoms with Crippen molar-refractivity contribution in [2.24, 2.45) is 0 Å². The topological polar surface area (TPSA) is 119 Å². The van der Waals surface area contributed by atoms with Crippen molar-refractivity contribution in [1.82, 2.24) is 19.9 Å². The predicted octanol–water partition coefficient (Wildman–Crippen LogP) is 5.59. The van der Waals surface area contributed by atoms with Crippen LogP contribution < -0.4 is 10.6 Å². The third-order valence-electron chi connectivity index (χ3n) is 5.23. The third kappa shape index (κ3) is 3.87. The fourth-order valence-corrected chi connectivity index (χ4v) is 3.68. The van der Waals surface area contributed by atoms with Crippen LogP contribution in [0.5, 0.6) is 0 Å². The number of benzene rings is 2. The molecule has 33 heavy (non-hydrogen) atoms. The van der Waals surface area contributed by atoms with Crippen molar-refractivity contribution in [3.63, 3.8) is 0 Å². The second kappa shape index (κ2) is 8.12. The van der Waals surface area contributed by atoms with Gasteiger partial charge in [0.15, 0.2) is 0 Å². The van der Waals surface area contributed by atoms with Crippen molar-refractivity contribution in [3.05, 3.63) is 88.5 Å². The zero-order valence-corrected chi connectivity index (χ0v) is 17.9. The lowest BCUT2D eigenvalue weighted by atomic mass is 10.1. The molecule has 9 heteroatoms. The van der Waals surface area contributed by atoms with Gasteiger partial charge in [0.1, 0.15) is 6.33 Å². The zero-order chi connectivity index (χ0) is 22.9. The van der Waals surface area contributed by atoms with Gasteiger partial charge in [-0.15, -0.1) is 0 Å². The van der Waals surface area contributed by atoms with E-state index in [2.05, 4.69) is 30.6 Å². The molecule has 0 aliphatic rings. The number of hydrogen-bond acceptors (Lipinski definition) is 8. The van der Waals surface area contributed by atoms with Gasteiger partial charge in [-0.05, 0) is 38.1 Å². The second-order valence-corrected chi connectivity index (χ2v) is 7.59. The van der Waals surface area contributed by atoms with E-state index in [-0.39, 0.29) is 17.3 Å². The fourth-order valence-electron chi connectivity index (χ4n) is 3.68. The Morgan fingerprint density at radius 1 is 0.727 bits per heavy atom. The van der Waals surface area contributed by atoms with E-state index in [1.54, 1.807) is 0 Å². The fraction of sp³-hybridized carbons (Fsp3) is 0.0833. The zero-order valence-electron chi connectivity index (χ0n) is 17.9.